The van der Waals surface area contributed by atoms with Gasteiger partial charge < -0.3 is 10.6 Å². The van der Waals surface area contributed by atoms with E-state index in [0.29, 0.717) is 12.0 Å². The molecule has 3 nitrogen and oxygen atoms in total. The molecular weight excluding hydrogens is 256 g/mol. The van der Waals surface area contributed by atoms with Crippen molar-refractivity contribution in [2.45, 2.75) is 62.7 Å². The Labute approximate surface area is 121 Å². The van der Waals surface area contributed by atoms with Gasteiger partial charge in [0.25, 0.3) is 0 Å². The second-order valence-electron chi connectivity index (χ2n) is 6.03. The van der Waals surface area contributed by atoms with Crippen molar-refractivity contribution in [1.29, 1.82) is 0 Å². The maximum absolute atomic E-state index is 12.0. The van der Waals surface area contributed by atoms with Gasteiger partial charge in [0, 0.05) is 17.7 Å². The van der Waals surface area contributed by atoms with Gasteiger partial charge in [0.05, 0.1) is 0 Å². The highest BCUT2D eigenvalue weighted by molar-refractivity contribution is 7.99. The Morgan fingerprint density at radius 2 is 2.05 bits per heavy atom. The first kappa shape index (κ1) is 15.2. The molecule has 19 heavy (non-hydrogen) atoms. The van der Waals surface area contributed by atoms with E-state index >= 15 is 0 Å². The van der Waals surface area contributed by atoms with E-state index < -0.39 is 0 Å². The molecule has 0 aromatic heterocycles. The van der Waals surface area contributed by atoms with Crippen LogP contribution in [0.5, 0.6) is 0 Å². The van der Waals surface area contributed by atoms with Gasteiger partial charge in [-0.15, -0.1) is 0 Å². The van der Waals surface area contributed by atoms with E-state index in [2.05, 4.69) is 16.9 Å². The van der Waals surface area contributed by atoms with Crippen molar-refractivity contribution in [2.75, 3.05) is 19.3 Å². The second kappa shape index (κ2) is 8.15. The summed E-state index contributed by atoms with van der Waals surface area (Å²) in [6.07, 6.45) is 11.4. The molecule has 1 atom stereocenters. The summed E-state index contributed by atoms with van der Waals surface area (Å²) in [6.45, 7) is 2.26. The molecule has 2 N–H and O–H groups in total. The van der Waals surface area contributed by atoms with Gasteiger partial charge in [-0.3, -0.25) is 4.79 Å². The van der Waals surface area contributed by atoms with Crippen LogP contribution in [0.1, 0.15) is 51.4 Å². The predicted molar refractivity (Wildman–Crippen MR) is 82.5 cm³/mol. The fourth-order valence-electron chi connectivity index (χ4n) is 3.25. The monoisotopic (exact) mass is 284 g/mol. The Bertz CT molecular complexity index is 271. The molecule has 1 amide bonds. The van der Waals surface area contributed by atoms with E-state index in [1.807, 2.05) is 11.8 Å². The molecule has 1 heterocycles. The van der Waals surface area contributed by atoms with Crippen LogP contribution in [-0.2, 0) is 4.79 Å². The van der Waals surface area contributed by atoms with Gasteiger partial charge in [-0.05, 0) is 70.2 Å². The van der Waals surface area contributed by atoms with Crippen molar-refractivity contribution < 1.29 is 4.79 Å². The number of nitrogens with one attached hydrogen (secondary N) is 2. The summed E-state index contributed by atoms with van der Waals surface area (Å²) in [5.41, 5.74) is 0. The van der Waals surface area contributed by atoms with Crippen LogP contribution < -0.4 is 10.6 Å². The standard InChI is InChI=1S/C15H28N2OS/c1-19-14-7-5-13(6-8-14)17-15(18)9-4-12-3-2-10-16-11-12/h12-14,16H,2-11H2,1H3,(H,17,18). The van der Waals surface area contributed by atoms with Crippen molar-refractivity contribution in [1.82, 2.24) is 10.6 Å². The Morgan fingerprint density at radius 3 is 2.68 bits per heavy atom. The minimum Gasteiger partial charge on any atom is -0.353 e. The Morgan fingerprint density at radius 1 is 1.26 bits per heavy atom. The molecule has 2 fully saturated rings. The predicted octanol–water partition coefficient (Wildman–Crippen LogP) is 2.56. The zero-order valence-electron chi connectivity index (χ0n) is 12.1. The highest BCUT2D eigenvalue weighted by Gasteiger charge is 2.22. The van der Waals surface area contributed by atoms with Crippen molar-refractivity contribution in [3.05, 3.63) is 0 Å². The zero-order valence-corrected chi connectivity index (χ0v) is 12.9. The smallest absolute Gasteiger partial charge is 0.220 e. The lowest BCUT2D eigenvalue weighted by atomic mass is 9.93. The van der Waals surface area contributed by atoms with Gasteiger partial charge >= 0.3 is 0 Å². The molecule has 1 unspecified atom stereocenters. The topological polar surface area (TPSA) is 41.1 Å². The molecule has 1 aliphatic heterocycles. The van der Waals surface area contributed by atoms with E-state index in [9.17, 15) is 4.79 Å². The summed E-state index contributed by atoms with van der Waals surface area (Å²) in [7, 11) is 0. The quantitative estimate of drug-likeness (QED) is 0.815. The van der Waals surface area contributed by atoms with Crippen LogP contribution in [0.25, 0.3) is 0 Å². The first-order valence-electron chi connectivity index (χ1n) is 7.81. The van der Waals surface area contributed by atoms with E-state index in [-0.39, 0.29) is 5.91 Å². The Balaban J connectivity index is 1.59. The number of carbonyl (C=O) groups is 1. The molecule has 0 radical (unpaired) electrons. The third-order valence-corrected chi connectivity index (χ3v) is 5.69. The van der Waals surface area contributed by atoms with Crippen molar-refractivity contribution >= 4 is 17.7 Å². The van der Waals surface area contributed by atoms with Gasteiger partial charge in [-0.25, -0.2) is 0 Å². The van der Waals surface area contributed by atoms with Gasteiger partial charge in [-0.2, -0.15) is 11.8 Å². The first-order chi connectivity index (χ1) is 9.28. The minimum absolute atomic E-state index is 0.276. The third-order valence-electron chi connectivity index (χ3n) is 4.55. The molecule has 0 aromatic carbocycles. The summed E-state index contributed by atoms with van der Waals surface area (Å²) < 4.78 is 0. The average molecular weight is 284 g/mol. The number of rotatable bonds is 5. The SMILES string of the molecule is CSC1CCC(NC(=O)CCC2CCCNC2)CC1. The minimum atomic E-state index is 0.276. The highest BCUT2D eigenvalue weighted by atomic mass is 32.2. The van der Waals surface area contributed by atoms with E-state index in [0.717, 1.165) is 31.2 Å². The van der Waals surface area contributed by atoms with Crippen LogP contribution in [0.15, 0.2) is 0 Å². The van der Waals surface area contributed by atoms with Crippen molar-refractivity contribution in [2.24, 2.45) is 5.92 Å². The van der Waals surface area contributed by atoms with Crippen LogP contribution in [0.3, 0.4) is 0 Å². The van der Waals surface area contributed by atoms with Crippen molar-refractivity contribution in [3.63, 3.8) is 0 Å². The molecule has 2 aliphatic rings. The molecule has 0 spiro atoms. The van der Waals surface area contributed by atoms with Crippen LogP contribution in [0.4, 0.5) is 0 Å². The van der Waals surface area contributed by atoms with Crippen LogP contribution in [0.2, 0.25) is 0 Å². The van der Waals surface area contributed by atoms with Crippen LogP contribution >= 0.6 is 11.8 Å². The van der Waals surface area contributed by atoms with E-state index in [4.69, 9.17) is 0 Å². The van der Waals surface area contributed by atoms with Crippen LogP contribution in [0, 0.1) is 5.92 Å². The molecule has 1 saturated heterocycles. The molecule has 110 valence electrons. The Kier molecular flexibility index (Phi) is 6.51. The number of hydrogen-bond donors (Lipinski definition) is 2. The molecule has 4 heteroatoms. The summed E-state index contributed by atoms with van der Waals surface area (Å²) >= 11 is 1.98. The third kappa shape index (κ3) is 5.35. The normalized spacial score (nSPS) is 31.9. The molecule has 1 saturated carbocycles. The molecule has 0 bridgehead atoms. The number of thioether (sulfide) groups is 1. The highest BCUT2D eigenvalue weighted by Crippen LogP contribution is 2.27. The van der Waals surface area contributed by atoms with Gasteiger partial charge in [0.1, 0.15) is 0 Å². The van der Waals surface area contributed by atoms with Gasteiger partial charge in [0.2, 0.25) is 5.91 Å². The van der Waals surface area contributed by atoms with E-state index in [1.54, 1.807) is 0 Å². The summed E-state index contributed by atoms with van der Waals surface area (Å²) in [5.74, 6) is 0.991. The lowest BCUT2D eigenvalue weighted by Gasteiger charge is -2.28. The second-order valence-corrected chi connectivity index (χ2v) is 7.17. The largest absolute Gasteiger partial charge is 0.353 e. The fourth-order valence-corrected chi connectivity index (χ4v) is 3.99. The number of carbonyl (C=O) groups excluding carboxylic acids is 1. The number of hydrogen-bond acceptors (Lipinski definition) is 3. The summed E-state index contributed by atoms with van der Waals surface area (Å²) in [5, 5.41) is 7.47. The Hall–Kier alpha value is -0.220. The molecule has 0 aromatic rings. The zero-order chi connectivity index (χ0) is 13.5. The number of piperidine rings is 1. The molecule has 1 aliphatic carbocycles. The fraction of sp³-hybridized carbons (Fsp3) is 0.933. The van der Waals surface area contributed by atoms with E-state index in [1.165, 1.54) is 38.5 Å². The maximum Gasteiger partial charge on any atom is 0.220 e. The lowest BCUT2D eigenvalue weighted by molar-refractivity contribution is -0.122. The van der Waals surface area contributed by atoms with Gasteiger partial charge in [0.15, 0.2) is 0 Å². The van der Waals surface area contributed by atoms with Crippen LogP contribution in [-0.4, -0.2) is 36.5 Å². The lowest BCUT2D eigenvalue weighted by Crippen LogP contribution is -2.38. The first-order valence-corrected chi connectivity index (χ1v) is 9.09. The van der Waals surface area contributed by atoms with Crippen molar-refractivity contribution in [3.8, 4) is 0 Å². The molecule has 2 rings (SSSR count). The summed E-state index contributed by atoms with van der Waals surface area (Å²) in [6, 6.07) is 0.445. The number of amides is 1. The average Bonchev–Trinajstić information content (AvgIpc) is 2.47. The molecular formula is C15H28N2OS. The maximum atomic E-state index is 12.0. The van der Waals surface area contributed by atoms with Gasteiger partial charge in [-0.1, -0.05) is 0 Å². The summed E-state index contributed by atoms with van der Waals surface area (Å²) in [4.78, 5) is 12.0.